The molecule has 100 valence electrons. The summed E-state index contributed by atoms with van der Waals surface area (Å²) in [6, 6.07) is 6.94. The highest BCUT2D eigenvalue weighted by molar-refractivity contribution is 7.90. The first-order valence-corrected chi connectivity index (χ1v) is 7.44. The lowest BCUT2D eigenvalue weighted by atomic mass is 10.0. The summed E-state index contributed by atoms with van der Waals surface area (Å²) in [5.41, 5.74) is 6.78. The van der Waals surface area contributed by atoms with Crippen molar-refractivity contribution in [1.29, 1.82) is 0 Å². The molecule has 0 radical (unpaired) electrons. The minimum Gasteiger partial charge on any atom is -0.320 e. The predicted molar refractivity (Wildman–Crippen MR) is 69.8 cm³/mol. The van der Waals surface area contributed by atoms with Crippen molar-refractivity contribution >= 4 is 9.84 Å². The number of sulfone groups is 1. The van der Waals surface area contributed by atoms with Crippen LogP contribution in [0.2, 0.25) is 0 Å². The Bertz CT molecular complexity index is 701. The van der Waals surface area contributed by atoms with Gasteiger partial charge in [0.25, 0.3) is 0 Å². The Morgan fingerprint density at radius 3 is 2.68 bits per heavy atom. The molecule has 0 bridgehead atoms. The minimum absolute atomic E-state index is 0.162. The van der Waals surface area contributed by atoms with Gasteiger partial charge in [0.15, 0.2) is 9.84 Å². The van der Waals surface area contributed by atoms with Crippen LogP contribution in [-0.2, 0) is 9.84 Å². The first kappa shape index (κ1) is 13.6. The van der Waals surface area contributed by atoms with Crippen molar-refractivity contribution in [2.45, 2.75) is 10.9 Å². The maximum atomic E-state index is 13.6. The van der Waals surface area contributed by atoms with E-state index >= 15 is 0 Å². The lowest BCUT2D eigenvalue weighted by molar-refractivity contribution is 0.592. The van der Waals surface area contributed by atoms with E-state index in [4.69, 9.17) is 5.73 Å². The number of hydrogen-bond donors (Lipinski definition) is 1. The van der Waals surface area contributed by atoms with E-state index in [9.17, 15) is 12.8 Å². The third-order valence-electron chi connectivity index (χ3n) is 2.78. The maximum absolute atomic E-state index is 13.6. The monoisotopic (exact) mass is 280 g/mol. The number of halogens is 1. The van der Waals surface area contributed by atoms with Gasteiger partial charge in [-0.2, -0.15) is 0 Å². The second-order valence-electron chi connectivity index (χ2n) is 4.22. The Kier molecular flexibility index (Phi) is 3.64. The average Bonchev–Trinajstić information content (AvgIpc) is 2.38. The normalized spacial score (nSPS) is 13.2. The Labute approximate surface area is 111 Å². The molecule has 1 heterocycles. The highest BCUT2D eigenvalue weighted by Crippen LogP contribution is 2.23. The van der Waals surface area contributed by atoms with Crippen LogP contribution in [0.5, 0.6) is 0 Å². The standard InChI is InChI=1S/C13H13FN2O2S/c1-19(17,18)10-4-2-3-9(7-10)13(15)11-5-6-16-8-12(11)14/h2-8,13H,15H2,1H3. The summed E-state index contributed by atoms with van der Waals surface area (Å²) in [5.74, 6) is -0.514. The van der Waals surface area contributed by atoms with Crippen LogP contribution >= 0.6 is 0 Å². The number of rotatable bonds is 3. The largest absolute Gasteiger partial charge is 0.320 e. The van der Waals surface area contributed by atoms with Gasteiger partial charge < -0.3 is 5.73 Å². The molecule has 4 nitrogen and oxygen atoms in total. The van der Waals surface area contributed by atoms with Crippen molar-refractivity contribution in [3.63, 3.8) is 0 Å². The molecule has 0 amide bonds. The summed E-state index contributed by atoms with van der Waals surface area (Å²) in [7, 11) is -3.31. The minimum atomic E-state index is -3.31. The maximum Gasteiger partial charge on any atom is 0.175 e. The molecule has 2 aromatic rings. The van der Waals surface area contributed by atoms with Gasteiger partial charge in [-0.05, 0) is 23.8 Å². The molecule has 0 saturated carbocycles. The second-order valence-corrected chi connectivity index (χ2v) is 6.24. The van der Waals surface area contributed by atoms with Crippen molar-refractivity contribution < 1.29 is 12.8 Å². The van der Waals surface area contributed by atoms with Crippen LogP contribution in [0.3, 0.4) is 0 Å². The van der Waals surface area contributed by atoms with E-state index in [1.54, 1.807) is 12.1 Å². The van der Waals surface area contributed by atoms with E-state index in [1.807, 2.05) is 0 Å². The van der Waals surface area contributed by atoms with Crippen molar-refractivity contribution in [3.8, 4) is 0 Å². The molecular weight excluding hydrogens is 267 g/mol. The molecule has 6 heteroatoms. The zero-order chi connectivity index (χ0) is 14.0. The molecule has 2 rings (SSSR count). The van der Waals surface area contributed by atoms with Gasteiger partial charge in [0.2, 0.25) is 0 Å². The molecular formula is C13H13FN2O2S. The van der Waals surface area contributed by atoms with Gasteiger partial charge in [-0.25, -0.2) is 12.8 Å². The molecule has 19 heavy (non-hydrogen) atoms. The highest BCUT2D eigenvalue weighted by Gasteiger charge is 2.15. The topological polar surface area (TPSA) is 73.0 Å². The van der Waals surface area contributed by atoms with E-state index in [-0.39, 0.29) is 10.5 Å². The SMILES string of the molecule is CS(=O)(=O)c1cccc(C(N)c2ccncc2F)c1. The molecule has 0 fully saturated rings. The highest BCUT2D eigenvalue weighted by atomic mass is 32.2. The van der Waals surface area contributed by atoms with Gasteiger partial charge in [0, 0.05) is 18.0 Å². The first-order chi connectivity index (χ1) is 8.89. The third kappa shape index (κ3) is 2.97. The van der Waals surface area contributed by atoms with Crippen LogP contribution in [0.1, 0.15) is 17.2 Å². The summed E-state index contributed by atoms with van der Waals surface area (Å²) >= 11 is 0. The zero-order valence-corrected chi connectivity index (χ0v) is 11.1. The third-order valence-corrected chi connectivity index (χ3v) is 3.89. The Morgan fingerprint density at radius 2 is 2.05 bits per heavy atom. The van der Waals surface area contributed by atoms with Crippen molar-refractivity contribution in [3.05, 3.63) is 59.7 Å². The number of aromatic nitrogens is 1. The van der Waals surface area contributed by atoms with Crippen LogP contribution in [0.4, 0.5) is 4.39 Å². The molecule has 0 spiro atoms. The van der Waals surface area contributed by atoms with E-state index in [1.165, 1.54) is 24.4 Å². The van der Waals surface area contributed by atoms with Crippen LogP contribution in [0.15, 0.2) is 47.6 Å². The molecule has 1 atom stereocenters. The number of hydrogen-bond acceptors (Lipinski definition) is 4. The number of pyridine rings is 1. The van der Waals surface area contributed by atoms with E-state index in [0.29, 0.717) is 5.56 Å². The van der Waals surface area contributed by atoms with Crippen molar-refractivity contribution in [1.82, 2.24) is 4.98 Å². The van der Waals surface area contributed by atoms with Crippen LogP contribution in [-0.4, -0.2) is 19.7 Å². The summed E-state index contributed by atoms with van der Waals surface area (Å²) < 4.78 is 36.6. The number of benzene rings is 1. The first-order valence-electron chi connectivity index (χ1n) is 5.54. The van der Waals surface area contributed by atoms with Gasteiger partial charge in [0.05, 0.1) is 17.1 Å². The smallest absolute Gasteiger partial charge is 0.175 e. The van der Waals surface area contributed by atoms with Gasteiger partial charge in [-0.1, -0.05) is 12.1 Å². The molecule has 2 N–H and O–H groups in total. The fourth-order valence-electron chi connectivity index (χ4n) is 1.76. The molecule has 0 saturated heterocycles. The van der Waals surface area contributed by atoms with Gasteiger partial charge in [0.1, 0.15) is 5.82 Å². The van der Waals surface area contributed by atoms with E-state index < -0.39 is 21.7 Å². The van der Waals surface area contributed by atoms with Crippen molar-refractivity contribution in [2.24, 2.45) is 5.73 Å². The van der Waals surface area contributed by atoms with Crippen LogP contribution in [0, 0.1) is 5.82 Å². The zero-order valence-electron chi connectivity index (χ0n) is 10.2. The molecule has 0 aliphatic carbocycles. The fourth-order valence-corrected chi connectivity index (χ4v) is 2.43. The molecule has 1 unspecified atom stereocenters. The second kappa shape index (κ2) is 5.07. The van der Waals surface area contributed by atoms with Gasteiger partial charge in [-0.15, -0.1) is 0 Å². The fraction of sp³-hybridized carbons (Fsp3) is 0.154. The summed E-state index contributed by atoms with van der Waals surface area (Å²) in [6.07, 6.45) is 3.64. The van der Waals surface area contributed by atoms with Crippen LogP contribution < -0.4 is 5.73 Å². The quantitative estimate of drug-likeness (QED) is 0.928. The Morgan fingerprint density at radius 1 is 1.32 bits per heavy atom. The lowest BCUT2D eigenvalue weighted by Crippen LogP contribution is -2.14. The summed E-state index contributed by atoms with van der Waals surface area (Å²) in [4.78, 5) is 3.81. The van der Waals surface area contributed by atoms with Gasteiger partial charge >= 0.3 is 0 Å². The Balaban J connectivity index is 2.46. The lowest BCUT2D eigenvalue weighted by Gasteiger charge is -2.13. The predicted octanol–water partition coefficient (Wildman–Crippen LogP) is 1.67. The Hall–Kier alpha value is -1.79. The molecule has 1 aromatic carbocycles. The van der Waals surface area contributed by atoms with Crippen molar-refractivity contribution in [2.75, 3.05) is 6.26 Å². The molecule has 0 aliphatic rings. The average molecular weight is 280 g/mol. The van der Waals surface area contributed by atoms with E-state index in [0.717, 1.165) is 12.5 Å². The van der Waals surface area contributed by atoms with E-state index in [2.05, 4.69) is 4.98 Å². The number of nitrogens with two attached hydrogens (primary N) is 1. The van der Waals surface area contributed by atoms with Crippen LogP contribution in [0.25, 0.3) is 0 Å². The molecule has 1 aromatic heterocycles. The number of nitrogens with zero attached hydrogens (tertiary/aromatic N) is 1. The summed E-state index contributed by atoms with van der Waals surface area (Å²) in [6.45, 7) is 0. The van der Waals surface area contributed by atoms with Gasteiger partial charge in [-0.3, -0.25) is 4.98 Å². The molecule has 0 aliphatic heterocycles. The summed E-state index contributed by atoms with van der Waals surface area (Å²) in [5, 5.41) is 0.